The number of aromatic nitrogens is 1. The molecule has 5 heteroatoms. The monoisotopic (exact) mass is 385 g/mol. The van der Waals surface area contributed by atoms with Crippen LogP contribution in [-0.4, -0.2) is 16.6 Å². The Morgan fingerprint density at radius 3 is 2.18 bits per heavy atom. The Labute approximate surface area is 165 Å². The number of hydrogen-bond donors (Lipinski definition) is 0. The van der Waals surface area contributed by atoms with Crippen LogP contribution >= 0.6 is 11.3 Å². The number of fused-ring (bicyclic) bond motifs is 2. The first-order valence-electron chi connectivity index (χ1n) is 8.89. The quantitative estimate of drug-likeness (QED) is 0.331. The predicted octanol–water partition coefficient (Wildman–Crippen LogP) is 5.64. The van der Waals surface area contributed by atoms with Gasteiger partial charge >= 0.3 is 0 Å². The average Bonchev–Trinajstić information content (AvgIpc) is 3.31. The Bertz CT molecular complexity index is 1230. The van der Waals surface area contributed by atoms with Crippen molar-refractivity contribution in [2.24, 2.45) is 0 Å². The first-order chi connectivity index (χ1) is 13.5. The zero-order chi connectivity index (χ0) is 19.4. The summed E-state index contributed by atoms with van der Waals surface area (Å²) in [6, 6.07) is 15.1. The minimum atomic E-state index is -0.217. The number of allylic oxidation sites excluding steroid dienone is 1. The molecule has 5 rings (SSSR count). The van der Waals surface area contributed by atoms with Crippen molar-refractivity contribution in [2.75, 3.05) is 0 Å². The van der Waals surface area contributed by atoms with Gasteiger partial charge in [0.25, 0.3) is 0 Å². The number of aryl methyl sites for hydroxylation is 2. The second kappa shape index (κ2) is 6.11. The maximum Gasteiger partial charge on any atom is 0.228 e. The second-order valence-corrected chi connectivity index (χ2v) is 7.96. The fraction of sp³-hybridized carbons (Fsp3) is 0.0870. The summed E-state index contributed by atoms with van der Waals surface area (Å²) >= 11 is 1.40. The summed E-state index contributed by atoms with van der Waals surface area (Å²) in [6.45, 7) is 3.89. The Morgan fingerprint density at radius 2 is 1.57 bits per heavy atom. The standard InChI is InChI=1S/C23H15NO3S/c1-12-8-16-17(9-13(12)2)21(26)18(20(16)25)10-15-11-19-23(28-15)24-22(27-19)14-6-4-3-5-7-14/h3-11H,1-2H3. The largest absolute Gasteiger partial charge is 0.435 e. The van der Waals surface area contributed by atoms with Crippen LogP contribution in [0.15, 0.2) is 58.5 Å². The van der Waals surface area contributed by atoms with Gasteiger partial charge < -0.3 is 4.42 Å². The van der Waals surface area contributed by atoms with Gasteiger partial charge in [-0.25, -0.2) is 0 Å². The van der Waals surface area contributed by atoms with Gasteiger partial charge in [0.1, 0.15) is 0 Å². The first-order valence-corrected chi connectivity index (χ1v) is 9.71. The number of Topliss-reactive ketones (excluding diaryl/α,β-unsaturated/α-hetero) is 2. The molecule has 4 nitrogen and oxygen atoms in total. The molecule has 4 aromatic rings. The molecule has 0 saturated heterocycles. The fourth-order valence-electron chi connectivity index (χ4n) is 3.39. The highest BCUT2D eigenvalue weighted by Gasteiger charge is 2.33. The lowest BCUT2D eigenvalue weighted by molar-refractivity contribution is 0.0990. The molecular formula is C23H15NO3S. The lowest BCUT2D eigenvalue weighted by atomic mass is 10.0. The number of carbonyl (C=O) groups is 2. The van der Waals surface area contributed by atoms with Crippen molar-refractivity contribution in [3.63, 3.8) is 0 Å². The Morgan fingerprint density at radius 1 is 0.929 bits per heavy atom. The van der Waals surface area contributed by atoms with Crippen LogP contribution in [0, 0.1) is 13.8 Å². The molecule has 1 aliphatic carbocycles. The molecule has 2 heterocycles. The van der Waals surface area contributed by atoms with Crippen molar-refractivity contribution >= 4 is 39.4 Å². The maximum atomic E-state index is 12.7. The van der Waals surface area contributed by atoms with E-state index in [0.29, 0.717) is 22.6 Å². The van der Waals surface area contributed by atoms with Crippen molar-refractivity contribution in [3.8, 4) is 11.5 Å². The summed E-state index contributed by atoms with van der Waals surface area (Å²) in [5.74, 6) is 0.129. The molecule has 2 aromatic heterocycles. The van der Waals surface area contributed by atoms with Crippen LogP contribution < -0.4 is 0 Å². The molecule has 0 unspecified atom stereocenters. The van der Waals surface area contributed by atoms with Gasteiger partial charge in [0, 0.05) is 27.6 Å². The topological polar surface area (TPSA) is 60.2 Å². The molecular weight excluding hydrogens is 370 g/mol. The summed E-state index contributed by atoms with van der Waals surface area (Å²) in [7, 11) is 0. The lowest BCUT2D eigenvalue weighted by Crippen LogP contribution is -1.99. The zero-order valence-electron chi connectivity index (χ0n) is 15.3. The molecule has 0 amide bonds. The maximum absolute atomic E-state index is 12.7. The molecule has 0 saturated carbocycles. The Hall–Kier alpha value is -3.31. The van der Waals surface area contributed by atoms with Gasteiger partial charge in [0.15, 0.2) is 22.0 Å². The van der Waals surface area contributed by atoms with E-state index in [9.17, 15) is 9.59 Å². The molecule has 28 heavy (non-hydrogen) atoms. The van der Waals surface area contributed by atoms with Crippen LogP contribution in [0.3, 0.4) is 0 Å². The highest BCUT2D eigenvalue weighted by Crippen LogP contribution is 2.34. The summed E-state index contributed by atoms with van der Waals surface area (Å²) in [4.78, 5) is 31.5. The smallest absolute Gasteiger partial charge is 0.228 e. The summed E-state index contributed by atoms with van der Waals surface area (Å²) < 4.78 is 5.85. The number of nitrogens with zero attached hydrogens (tertiary/aromatic N) is 1. The van der Waals surface area contributed by atoms with Crippen molar-refractivity contribution in [1.82, 2.24) is 4.98 Å². The third-order valence-electron chi connectivity index (χ3n) is 5.03. The molecule has 0 spiro atoms. The van der Waals surface area contributed by atoms with Gasteiger partial charge in [0.05, 0.1) is 5.57 Å². The zero-order valence-corrected chi connectivity index (χ0v) is 16.1. The van der Waals surface area contributed by atoms with Gasteiger partial charge in [-0.15, -0.1) is 11.3 Å². The second-order valence-electron chi connectivity index (χ2n) is 6.90. The summed E-state index contributed by atoms with van der Waals surface area (Å²) in [6.07, 6.45) is 1.65. The van der Waals surface area contributed by atoms with Gasteiger partial charge in [0.2, 0.25) is 5.89 Å². The molecule has 1 aliphatic rings. The van der Waals surface area contributed by atoms with Crippen molar-refractivity contribution in [1.29, 1.82) is 0 Å². The summed E-state index contributed by atoms with van der Waals surface area (Å²) in [5, 5.41) is 0. The minimum absolute atomic E-state index is 0.201. The SMILES string of the molecule is Cc1cc2c(cc1C)C(=O)C(=Cc1cc3oc(-c4ccccc4)nc3s1)C2=O. The third-order valence-corrected chi connectivity index (χ3v) is 5.99. The molecule has 0 radical (unpaired) electrons. The van der Waals surface area contributed by atoms with E-state index >= 15 is 0 Å². The molecule has 2 aromatic carbocycles. The van der Waals surface area contributed by atoms with Crippen LogP contribution in [0.25, 0.3) is 27.9 Å². The lowest BCUT2D eigenvalue weighted by Gasteiger charge is -2.01. The number of rotatable bonds is 2. The van der Waals surface area contributed by atoms with Crippen molar-refractivity contribution < 1.29 is 14.0 Å². The molecule has 0 atom stereocenters. The number of benzene rings is 2. The number of hydrogen-bond acceptors (Lipinski definition) is 5. The van der Waals surface area contributed by atoms with Crippen molar-refractivity contribution in [2.45, 2.75) is 13.8 Å². The van der Waals surface area contributed by atoms with E-state index in [4.69, 9.17) is 4.42 Å². The van der Waals surface area contributed by atoms with E-state index in [1.165, 1.54) is 11.3 Å². The average molecular weight is 385 g/mol. The van der Waals surface area contributed by atoms with E-state index in [1.807, 2.05) is 50.2 Å². The van der Waals surface area contributed by atoms with Crippen LogP contribution in [-0.2, 0) is 0 Å². The van der Waals surface area contributed by atoms with E-state index in [2.05, 4.69) is 4.98 Å². The number of oxazole rings is 1. The van der Waals surface area contributed by atoms with E-state index in [1.54, 1.807) is 18.2 Å². The number of thiophene rings is 1. The van der Waals surface area contributed by atoms with Crippen LogP contribution in [0.2, 0.25) is 0 Å². The molecule has 0 fully saturated rings. The van der Waals surface area contributed by atoms with Gasteiger partial charge in [-0.1, -0.05) is 18.2 Å². The minimum Gasteiger partial charge on any atom is -0.435 e. The van der Waals surface area contributed by atoms with Crippen LogP contribution in [0.5, 0.6) is 0 Å². The first kappa shape index (κ1) is 16.8. The van der Waals surface area contributed by atoms with Crippen LogP contribution in [0.4, 0.5) is 0 Å². The summed E-state index contributed by atoms with van der Waals surface area (Å²) in [5.41, 5.74) is 4.76. The number of ketones is 2. The number of carbonyl (C=O) groups excluding carboxylic acids is 2. The van der Waals surface area contributed by atoms with Crippen LogP contribution in [0.1, 0.15) is 36.7 Å². The molecule has 0 bridgehead atoms. The van der Waals surface area contributed by atoms with E-state index in [0.717, 1.165) is 26.4 Å². The van der Waals surface area contributed by atoms with E-state index in [-0.39, 0.29) is 17.1 Å². The highest BCUT2D eigenvalue weighted by molar-refractivity contribution is 7.19. The van der Waals surface area contributed by atoms with Crippen molar-refractivity contribution in [3.05, 3.63) is 81.2 Å². The Balaban J connectivity index is 1.53. The van der Waals surface area contributed by atoms with Gasteiger partial charge in [-0.3, -0.25) is 9.59 Å². The Kier molecular flexibility index (Phi) is 3.67. The third kappa shape index (κ3) is 2.55. The molecule has 136 valence electrons. The molecule has 0 aliphatic heterocycles. The van der Waals surface area contributed by atoms with Gasteiger partial charge in [-0.05, 0) is 55.3 Å². The van der Waals surface area contributed by atoms with E-state index < -0.39 is 0 Å². The fourth-order valence-corrected chi connectivity index (χ4v) is 4.28. The predicted molar refractivity (Wildman–Crippen MR) is 110 cm³/mol. The normalized spacial score (nSPS) is 13.4. The van der Waals surface area contributed by atoms with Gasteiger partial charge in [-0.2, -0.15) is 4.98 Å². The molecule has 0 N–H and O–H groups in total. The highest BCUT2D eigenvalue weighted by atomic mass is 32.1.